The SMILES string of the molecule is CCC(CC)C1CN(C)c2c(c[nH]c2C(=O)O)O1. The molecule has 2 heterocycles. The van der Waals surface area contributed by atoms with Gasteiger partial charge in [0, 0.05) is 13.2 Å². The number of rotatable bonds is 4. The van der Waals surface area contributed by atoms with Crippen molar-refractivity contribution in [2.45, 2.75) is 32.8 Å². The van der Waals surface area contributed by atoms with Gasteiger partial charge in [0.15, 0.2) is 11.4 Å². The maximum Gasteiger partial charge on any atom is 0.354 e. The molecule has 18 heavy (non-hydrogen) atoms. The minimum Gasteiger partial charge on any atom is -0.484 e. The van der Waals surface area contributed by atoms with Crippen molar-refractivity contribution >= 4 is 11.7 Å². The van der Waals surface area contributed by atoms with Gasteiger partial charge in [0.25, 0.3) is 0 Å². The first-order chi connectivity index (χ1) is 8.58. The Balaban J connectivity index is 2.28. The van der Waals surface area contributed by atoms with Crippen LogP contribution in [0.5, 0.6) is 5.75 Å². The second-order valence-electron chi connectivity index (χ2n) is 4.80. The molecule has 0 aliphatic carbocycles. The van der Waals surface area contributed by atoms with Crippen LogP contribution in [0.4, 0.5) is 5.69 Å². The van der Waals surface area contributed by atoms with Crippen LogP contribution >= 0.6 is 0 Å². The molecular formula is C13H20N2O3. The molecule has 1 unspecified atom stereocenters. The van der Waals surface area contributed by atoms with Crippen molar-refractivity contribution in [3.05, 3.63) is 11.9 Å². The highest BCUT2D eigenvalue weighted by atomic mass is 16.5. The van der Waals surface area contributed by atoms with Crippen LogP contribution in [0.2, 0.25) is 0 Å². The van der Waals surface area contributed by atoms with Gasteiger partial charge in [0.1, 0.15) is 11.8 Å². The Hall–Kier alpha value is -1.65. The van der Waals surface area contributed by atoms with Gasteiger partial charge < -0.3 is 19.7 Å². The maximum absolute atomic E-state index is 11.1. The molecule has 2 N–H and O–H groups in total. The van der Waals surface area contributed by atoms with Crippen LogP contribution in [-0.4, -0.2) is 35.8 Å². The number of nitrogens with zero attached hydrogens (tertiary/aromatic N) is 1. The molecule has 1 aromatic heterocycles. The minimum atomic E-state index is -0.951. The summed E-state index contributed by atoms with van der Waals surface area (Å²) in [7, 11) is 1.91. The van der Waals surface area contributed by atoms with E-state index in [1.54, 1.807) is 6.20 Å². The molecular weight excluding hydrogens is 232 g/mol. The van der Waals surface area contributed by atoms with E-state index in [0.29, 0.717) is 17.4 Å². The van der Waals surface area contributed by atoms with Gasteiger partial charge in [-0.2, -0.15) is 0 Å². The molecule has 100 valence electrons. The predicted octanol–water partition coefficient (Wildman–Crippen LogP) is 2.35. The van der Waals surface area contributed by atoms with Gasteiger partial charge in [0.2, 0.25) is 0 Å². The molecule has 0 saturated carbocycles. The normalized spacial score (nSPS) is 18.7. The monoisotopic (exact) mass is 252 g/mol. The lowest BCUT2D eigenvalue weighted by molar-refractivity contribution is 0.0690. The fourth-order valence-corrected chi connectivity index (χ4v) is 2.65. The molecule has 0 amide bonds. The van der Waals surface area contributed by atoms with Gasteiger partial charge in [-0.3, -0.25) is 0 Å². The van der Waals surface area contributed by atoms with Crippen LogP contribution in [0.3, 0.4) is 0 Å². The summed E-state index contributed by atoms with van der Waals surface area (Å²) >= 11 is 0. The highest BCUT2D eigenvalue weighted by Gasteiger charge is 2.32. The highest BCUT2D eigenvalue weighted by Crippen LogP contribution is 2.38. The fraction of sp³-hybridized carbons (Fsp3) is 0.615. The van der Waals surface area contributed by atoms with E-state index < -0.39 is 5.97 Å². The lowest BCUT2D eigenvalue weighted by Crippen LogP contribution is -2.42. The summed E-state index contributed by atoms with van der Waals surface area (Å²) in [6, 6.07) is 0. The van der Waals surface area contributed by atoms with Crippen LogP contribution < -0.4 is 9.64 Å². The topological polar surface area (TPSA) is 65.6 Å². The number of anilines is 1. The van der Waals surface area contributed by atoms with Crippen molar-refractivity contribution in [1.82, 2.24) is 4.98 Å². The molecule has 0 spiro atoms. The van der Waals surface area contributed by atoms with Gasteiger partial charge in [-0.05, 0) is 18.8 Å². The number of aromatic amines is 1. The highest BCUT2D eigenvalue weighted by molar-refractivity contribution is 5.94. The Morgan fingerprint density at radius 3 is 2.83 bits per heavy atom. The standard InChI is InChI=1S/C13H20N2O3/c1-4-8(5-2)10-7-15(3)12-9(18-10)6-14-11(12)13(16)17/h6,8,10,14H,4-5,7H2,1-3H3,(H,16,17). The average Bonchev–Trinajstić information content (AvgIpc) is 2.75. The van der Waals surface area contributed by atoms with Crippen molar-refractivity contribution in [3.8, 4) is 5.75 Å². The molecule has 1 atom stereocenters. The lowest BCUT2D eigenvalue weighted by Gasteiger charge is -2.36. The van der Waals surface area contributed by atoms with Crippen LogP contribution in [0.15, 0.2) is 6.20 Å². The number of ether oxygens (including phenoxy) is 1. The zero-order valence-electron chi connectivity index (χ0n) is 11.1. The number of carbonyl (C=O) groups is 1. The number of hydrogen-bond donors (Lipinski definition) is 2. The molecule has 0 bridgehead atoms. The number of fused-ring (bicyclic) bond motifs is 1. The number of nitrogens with one attached hydrogen (secondary N) is 1. The molecule has 1 aliphatic rings. The summed E-state index contributed by atoms with van der Waals surface area (Å²) in [5, 5.41) is 9.10. The summed E-state index contributed by atoms with van der Waals surface area (Å²) in [5.41, 5.74) is 0.861. The smallest absolute Gasteiger partial charge is 0.354 e. The fourth-order valence-electron chi connectivity index (χ4n) is 2.65. The number of aromatic nitrogens is 1. The van der Waals surface area contributed by atoms with E-state index in [1.807, 2.05) is 11.9 Å². The molecule has 1 aliphatic heterocycles. The van der Waals surface area contributed by atoms with Gasteiger partial charge in [-0.15, -0.1) is 0 Å². The Bertz CT molecular complexity index is 437. The number of aromatic carboxylic acids is 1. The van der Waals surface area contributed by atoms with E-state index in [1.165, 1.54) is 0 Å². The van der Waals surface area contributed by atoms with E-state index in [2.05, 4.69) is 18.8 Å². The van der Waals surface area contributed by atoms with E-state index >= 15 is 0 Å². The van der Waals surface area contributed by atoms with Gasteiger partial charge >= 0.3 is 5.97 Å². The van der Waals surface area contributed by atoms with Crippen molar-refractivity contribution < 1.29 is 14.6 Å². The van der Waals surface area contributed by atoms with Crippen LogP contribution in [0, 0.1) is 5.92 Å². The Kier molecular flexibility index (Phi) is 3.50. The van der Waals surface area contributed by atoms with Crippen LogP contribution in [-0.2, 0) is 0 Å². The van der Waals surface area contributed by atoms with Gasteiger partial charge in [0.05, 0.1) is 6.54 Å². The summed E-state index contributed by atoms with van der Waals surface area (Å²) in [4.78, 5) is 15.8. The predicted molar refractivity (Wildman–Crippen MR) is 69.5 cm³/mol. The van der Waals surface area contributed by atoms with Crippen LogP contribution in [0.1, 0.15) is 37.2 Å². The Morgan fingerprint density at radius 1 is 1.61 bits per heavy atom. The number of likely N-dealkylation sites (N-methyl/N-ethyl adjacent to an activating group) is 1. The van der Waals surface area contributed by atoms with E-state index in [4.69, 9.17) is 9.84 Å². The first-order valence-electron chi connectivity index (χ1n) is 6.40. The number of hydrogen-bond acceptors (Lipinski definition) is 3. The third-order valence-electron chi connectivity index (χ3n) is 3.72. The number of H-pyrrole nitrogens is 1. The average molecular weight is 252 g/mol. The minimum absolute atomic E-state index is 0.134. The summed E-state index contributed by atoms with van der Waals surface area (Å²) in [6.45, 7) is 5.05. The Labute approximate surface area is 107 Å². The third-order valence-corrected chi connectivity index (χ3v) is 3.72. The molecule has 5 heteroatoms. The summed E-state index contributed by atoms with van der Waals surface area (Å²) in [6.07, 6.45) is 3.92. The molecule has 0 fully saturated rings. The number of carboxylic acid groups (broad SMARTS) is 1. The third kappa shape index (κ3) is 2.05. The zero-order chi connectivity index (χ0) is 13.3. The Morgan fingerprint density at radius 2 is 2.28 bits per heavy atom. The van der Waals surface area contributed by atoms with Gasteiger partial charge in [-0.25, -0.2) is 4.79 Å². The molecule has 0 aromatic carbocycles. The van der Waals surface area contributed by atoms with Gasteiger partial charge in [-0.1, -0.05) is 13.8 Å². The molecule has 0 radical (unpaired) electrons. The molecule has 5 nitrogen and oxygen atoms in total. The quantitative estimate of drug-likeness (QED) is 0.863. The van der Waals surface area contributed by atoms with Crippen molar-refractivity contribution in [1.29, 1.82) is 0 Å². The lowest BCUT2D eigenvalue weighted by atomic mass is 9.95. The number of carboxylic acids is 1. The zero-order valence-corrected chi connectivity index (χ0v) is 11.1. The van der Waals surface area contributed by atoms with E-state index in [-0.39, 0.29) is 11.8 Å². The first-order valence-corrected chi connectivity index (χ1v) is 6.40. The van der Waals surface area contributed by atoms with Crippen molar-refractivity contribution in [3.63, 3.8) is 0 Å². The summed E-state index contributed by atoms with van der Waals surface area (Å²) in [5.74, 6) is 0.203. The maximum atomic E-state index is 11.1. The van der Waals surface area contributed by atoms with Crippen LogP contribution in [0.25, 0.3) is 0 Å². The van der Waals surface area contributed by atoms with E-state index in [9.17, 15) is 4.79 Å². The molecule has 0 saturated heterocycles. The molecule has 1 aromatic rings. The second-order valence-corrected chi connectivity index (χ2v) is 4.80. The summed E-state index contributed by atoms with van der Waals surface area (Å²) < 4.78 is 5.94. The first kappa shape index (κ1) is 12.8. The van der Waals surface area contributed by atoms with Crippen molar-refractivity contribution in [2.75, 3.05) is 18.5 Å². The largest absolute Gasteiger partial charge is 0.484 e. The second kappa shape index (κ2) is 4.92. The van der Waals surface area contributed by atoms with Crippen molar-refractivity contribution in [2.24, 2.45) is 5.92 Å². The molecule has 2 rings (SSSR count). The van der Waals surface area contributed by atoms with E-state index in [0.717, 1.165) is 19.4 Å².